The van der Waals surface area contributed by atoms with E-state index in [1.807, 2.05) is 0 Å². The average Bonchev–Trinajstić information content (AvgIpc) is 3.22. The van der Waals surface area contributed by atoms with Gasteiger partial charge in [0, 0.05) is 28.5 Å². The quantitative estimate of drug-likeness (QED) is 0.776. The number of urea groups is 1. The van der Waals surface area contributed by atoms with Gasteiger partial charge in [-0.2, -0.15) is 0 Å². The van der Waals surface area contributed by atoms with Crippen LogP contribution in [0.2, 0.25) is 0 Å². The predicted octanol–water partition coefficient (Wildman–Crippen LogP) is 3.30. The maximum absolute atomic E-state index is 12.4. The lowest BCUT2D eigenvalue weighted by Crippen LogP contribution is -2.20. The third kappa shape index (κ3) is 3.35. The molecule has 1 aromatic heterocycles. The average molecular weight is 345 g/mol. The highest BCUT2D eigenvalue weighted by atomic mass is 32.1. The van der Waals surface area contributed by atoms with Crippen molar-refractivity contribution in [2.24, 2.45) is 11.7 Å². The van der Waals surface area contributed by atoms with Gasteiger partial charge in [0.2, 0.25) is 5.91 Å². The molecular formula is C17H19N3O3S. The summed E-state index contributed by atoms with van der Waals surface area (Å²) in [5.74, 6) is 0.776. The Morgan fingerprint density at radius 3 is 2.71 bits per heavy atom. The SMILES string of the molecule is COc1cc(NC(=O)C2CC2c2sccc2C)ccc1NC(N)=O. The lowest BCUT2D eigenvalue weighted by Gasteiger charge is -2.11. The van der Waals surface area contributed by atoms with Crippen LogP contribution in [0.4, 0.5) is 16.2 Å². The summed E-state index contributed by atoms with van der Waals surface area (Å²) in [5.41, 5.74) is 7.45. The van der Waals surface area contributed by atoms with Gasteiger partial charge in [0.25, 0.3) is 0 Å². The van der Waals surface area contributed by atoms with Crippen LogP contribution in [0, 0.1) is 12.8 Å². The van der Waals surface area contributed by atoms with E-state index in [9.17, 15) is 9.59 Å². The zero-order chi connectivity index (χ0) is 17.3. The van der Waals surface area contributed by atoms with Crippen LogP contribution in [-0.4, -0.2) is 19.0 Å². The van der Waals surface area contributed by atoms with Gasteiger partial charge in [-0.1, -0.05) is 0 Å². The molecule has 6 nitrogen and oxygen atoms in total. The summed E-state index contributed by atoms with van der Waals surface area (Å²) in [6.45, 7) is 2.08. The zero-order valence-electron chi connectivity index (χ0n) is 13.5. The van der Waals surface area contributed by atoms with E-state index in [1.165, 1.54) is 17.6 Å². The van der Waals surface area contributed by atoms with Crippen LogP contribution in [0.15, 0.2) is 29.6 Å². The molecule has 4 N–H and O–H groups in total. The van der Waals surface area contributed by atoms with Crippen LogP contribution in [0.1, 0.15) is 22.8 Å². The Kier molecular flexibility index (Phi) is 4.44. The fourth-order valence-corrected chi connectivity index (χ4v) is 3.89. The lowest BCUT2D eigenvalue weighted by atomic mass is 10.2. The Bertz CT molecular complexity index is 787. The predicted molar refractivity (Wildman–Crippen MR) is 94.7 cm³/mol. The fourth-order valence-electron chi connectivity index (χ4n) is 2.78. The van der Waals surface area contributed by atoms with Crippen molar-refractivity contribution in [3.63, 3.8) is 0 Å². The molecule has 0 radical (unpaired) electrons. The second-order valence-electron chi connectivity index (χ2n) is 5.81. The van der Waals surface area contributed by atoms with Crippen molar-refractivity contribution in [3.05, 3.63) is 40.1 Å². The molecule has 3 rings (SSSR count). The topological polar surface area (TPSA) is 93.4 Å². The summed E-state index contributed by atoms with van der Waals surface area (Å²) in [7, 11) is 1.49. The minimum atomic E-state index is -0.669. The fraction of sp³-hybridized carbons (Fsp3) is 0.294. The normalized spacial score (nSPS) is 18.8. The molecule has 2 aromatic rings. The second-order valence-corrected chi connectivity index (χ2v) is 6.76. The maximum Gasteiger partial charge on any atom is 0.316 e. The number of anilines is 2. The number of primary amides is 1. The summed E-state index contributed by atoms with van der Waals surface area (Å²) >= 11 is 1.71. The molecule has 1 aliphatic rings. The number of thiophene rings is 1. The minimum absolute atomic E-state index is 0.00506. The molecule has 1 saturated carbocycles. The number of hydrogen-bond donors (Lipinski definition) is 3. The van der Waals surface area contributed by atoms with E-state index < -0.39 is 6.03 Å². The molecule has 1 aliphatic carbocycles. The molecule has 2 atom stereocenters. The van der Waals surface area contributed by atoms with Gasteiger partial charge in [0.05, 0.1) is 12.8 Å². The standard InChI is InChI=1S/C17H19N3O3S/c1-9-5-6-24-15(9)11-8-12(11)16(21)19-10-3-4-13(20-17(18)22)14(7-10)23-2/h3-7,11-12H,8H2,1-2H3,(H,19,21)(H3,18,20,22). The van der Waals surface area contributed by atoms with Crippen LogP contribution in [-0.2, 0) is 4.79 Å². The second kappa shape index (κ2) is 6.52. The highest BCUT2D eigenvalue weighted by molar-refractivity contribution is 7.10. The first-order valence-electron chi connectivity index (χ1n) is 7.59. The van der Waals surface area contributed by atoms with Gasteiger partial charge in [0.15, 0.2) is 0 Å². The maximum atomic E-state index is 12.4. The number of rotatable bonds is 5. The van der Waals surface area contributed by atoms with Gasteiger partial charge in [-0.25, -0.2) is 4.79 Å². The van der Waals surface area contributed by atoms with E-state index >= 15 is 0 Å². The van der Waals surface area contributed by atoms with E-state index in [2.05, 4.69) is 29.0 Å². The van der Waals surface area contributed by atoms with Crippen molar-refractivity contribution in [3.8, 4) is 5.75 Å². The number of carbonyl (C=O) groups is 2. The van der Waals surface area contributed by atoms with Crippen molar-refractivity contribution in [1.82, 2.24) is 0 Å². The van der Waals surface area contributed by atoms with Crippen molar-refractivity contribution < 1.29 is 14.3 Å². The van der Waals surface area contributed by atoms with E-state index in [0.29, 0.717) is 23.0 Å². The van der Waals surface area contributed by atoms with Gasteiger partial charge in [-0.15, -0.1) is 11.3 Å². The van der Waals surface area contributed by atoms with Crippen molar-refractivity contribution >= 4 is 34.6 Å². The summed E-state index contributed by atoms with van der Waals surface area (Å²) in [6, 6.07) is 6.43. The smallest absolute Gasteiger partial charge is 0.316 e. The molecule has 1 fully saturated rings. The summed E-state index contributed by atoms with van der Waals surface area (Å²) in [5, 5.41) is 7.45. The number of aryl methyl sites for hydroxylation is 1. The molecule has 0 aliphatic heterocycles. The van der Waals surface area contributed by atoms with E-state index in [-0.39, 0.29) is 11.8 Å². The number of benzene rings is 1. The molecule has 24 heavy (non-hydrogen) atoms. The molecule has 0 bridgehead atoms. The van der Waals surface area contributed by atoms with Gasteiger partial charge < -0.3 is 21.1 Å². The molecule has 7 heteroatoms. The third-order valence-corrected chi connectivity index (χ3v) is 5.24. The zero-order valence-corrected chi connectivity index (χ0v) is 14.3. The number of nitrogens with two attached hydrogens (primary N) is 1. The number of ether oxygens (including phenoxy) is 1. The van der Waals surface area contributed by atoms with Crippen LogP contribution in [0.3, 0.4) is 0 Å². The molecule has 1 heterocycles. The van der Waals surface area contributed by atoms with Crippen LogP contribution >= 0.6 is 11.3 Å². The Morgan fingerprint density at radius 1 is 1.29 bits per heavy atom. The van der Waals surface area contributed by atoms with Gasteiger partial charge in [-0.3, -0.25) is 4.79 Å². The van der Waals surface area contributed by atoms with Crippen LogP contribution < -0.4 is 21.1 Å². The van der Waals surface area contributed by atoms with Gasteiger partial charge in [-0.05, 0) is 42.5 Å². The van der Waals surface area contributed by atoms with Crippen LogP contribution in [0.5, 0.6) is 5.75 Å². The molecule has 1 aromatic carbocycles. The number of carbonyl (C=O) groups excluding carboxylic acids is 2. The molecule has 0 saturated heterocycles. The van der Waals surface area contributed by atoms with Gasteiger partial charge >= 0.3 is 6.03 Å². The monoisotopic (exact) mass is 345 g/mol. The Hall–Kier alpha value is -2.54. The van der Waals surface area contributed by atoms with Crippen molar-refractivity contribution in [1.29, 1.82) is 0 Å². The number of hydrogen-bond acceptors (Lipinski definition) is 4. The van der Waals surface area contributed by atoms with Crippen LogP contribution in [0.25, 0.3) is 0 Å². The minimum Gasteiger partial charge on any atom is -0.494 e. The first kappa shape index (κ1) is 16.3. The highest BCUT2D eigenvalue weighted by Crippen LogP contribution is 2.50. The first-order chi connectivity index (χ1) is 11.5. The summed E-state index contributed by atoms with van der Waals surface area (Å²) < 4.78 is 5.22. The highest BCUT2D eigenvalue weighted by Gasteiger charge is 2.45. The Morgan fingerprint density at radius 2 is 2.08 bits per heavy atom. The molecule has 126 valence electrons. The summed E-state index contributed by atoms with van der Waals surface area (Å²) in [4.78, 5) is 24.7. The van der Waals surface area contributed by atoms with E-state index in [0.717, 1.165) is 6.42 Å². The first-order valence-corrected chi connectivity index (χ1v) is 8.47. The molecular weight excluding hydrogens is 326 g/mol. The molecule has 0 spiro atoms. The summed E-state index contributed by atoms with van der Waals surface area (Å²) in [6.07, 6.45) is 0.881. The van der Waals surface area contributed by atoms with Crippen molar-refractivity contribution in [2.45, 2.75) is 19.3 Å². The van der Waals surface area contributed by atoms with Gasteiger partial charge in [0.1, 0.15) is 5.75 Å². The number of amides is 3. The Balaban J connectivity index is 1.67. The molecule has 2 unspecified atom stereocenters. The van der Waals surface area contributed by atoms with E-state index in [4.69, 9.17) is 10.5 Å². The van der Waals surface area contributed by atoms with E-state index in [1.54, 1.807) is 29.5 Å². The lowest BCUT2D eigenvalue weighted by molar-refractivity contribution is -0.117. The number of methoxy groups -OCH3 is 1. The molecule has 3 amide bonds. The number of nitrogens with one attached hydrogen (secondary N) is 2. The third-order valence-electron chi connectivity index (χ3n) is 4.09. The Labute approximate surface area is 144 Å². The largest absolute Gasteiger partial charge is 0.494 e. The van der Waals surface area contributed by atoms with Crippen molar-refractivity contribution in [2.75, 3.05) is 17.7 Å².